The molecule has 0 unspecified atom stereocenters. The van der Waals surface area contributed by atoms with Crippen LogP contribution in [-0.4, -0.2) is 16.8 Å². The van der Waals surface area contributed by atoms with Crippen LogP contribution in [0, 0.1) is 13.8 Å². The van der Waals surface area contributed by atoms with Gasteiger partial charge >= 0.3 is 0 Å². The molecule has 0 amide bonds. The number of primary sulfonamides is 1. The normalized spacial score (nSPS) is 12.3. The minimum absolute atomic E-state index is 0.0222. The molecule has 9 heteroatoms. The van der Waals surface area contributed by atoms with Crippen molar-refractivity contribution in [3.8, 4) is 0 Å². The van der Waals surface area contributed by atoms with Crippen LogP contribution < -0.4 is 9.86 Å². The van der Waals surface area contributed by atoms with Gasteiger partial charge < -0.3 is 0 Å². The second-order valence-corrected chi connectivity index (χ2v) is 9.08. The molecular formula is C15H17ClN2O4S2. The van der Waals surface area contributed by atoms with Gasteiger partial charge in [-0.3, -0.25) is 0 Å². The molecule has 0 heterocycles. The molecule has 0 saturated heterocycles. The van der Waals surface area contributed by atoms with Crippen LogP contribution in [0.25, 0.3) is 0 Å². The molecule has 6 nitrogen and oxygen atoms in total. The van der Waals surface area contributed by atoms with Gasteiger partial charge in [0.1, 0.15) is 0 Å². The molecule has 0 fully saturated rings. The standard InChI is InChI=1S/C15H17ClN2O4S2/c1-10-8-15(11(2)7-14(10)16)24(21,22)18-9-12-3-5-13(6-4-12)23(17,19)20/h3-8,18H,9H2,1-2H3,(H2,17,19,20). The topological polar surface area (TPSA) is 106 Å². The first-order valence-electron chi connectivity index (χ1n) is 6.89. The lowest BCUT2D eigenvalue weighted by molar-refractivity contribution is 0.580. The quantitative estimate of drug-likeness (QED) is 0.817. The van der Waals surface area contributed by atoms with Crippen LogP contribution in [0.3, 0.4) is 0 Å². The first-order chi connectivity index (χ1) is 11.0. The maximum atomic E-state index is 12.4. The van der Waals surface area contributed by atoms with E-state index in [0.717, 1.165) is 0 Å². The summed E-state index contributed by atoms with van der Waals surface area (Å²) < 4.78 is 49.8. The third-order valence-corrected chi connectivity index (χ3v) is 6.34. The number of nitrogens with one attached hydrogen (secondary N) is 1. The molecule has 0 aromatic heterocycles. The van der Waals surface area contributed by atoms with Crippen molar-refractivity contribution in [2.45, 2.75) is 30.2 Å². The van der Waals surface area contributed by atoms with Crippen molar-refractivity contribution in [2.75, 3.05) is 0 Å². The predicted octanol–water partition coefficient (Wildman–Crippen LogP) is 2.08. The van der Waals surface area contributed by atoms with Gasteiger partial charge in [-0.2, -0.15) is 0 Å². The highest BCUT2D eigenvalue weighted by Gasteiger charge is 2.18. The van der Waals surface area contributed by atoms with Gasteiger partial charge in [-0.05, 0) is 54.8 Å². The van der Waals surface area contributed by atoms with E-state index in [1.807, 2.05) is 0 Å². The maximum absolute atomic E-state index is 12.4. The Bertz CT molecular complexity index is 969. The Hall–Kier alpha value is -1.45. The lowest BCUT2D eigenvalue weighted by Gasteiger charge is -2.11. The molecular weight excluding hydrogens is 372 g/mol. The summed E-state index contributed by atoms with van der Waals surface area (Å²) >= 11 is 5.99. The fourth-order valence-electron chi connectivity index (χ4n) is 2.10. The zero-order valence-corrected chi connectivity index (χ0v) is 15.5. The molecule has 130 valence electrons. The third kappa shape index (κ3) is 4.34. The Morgan fingerprint density at radius 3 is 2.12 bits per heavy atom. The molecule has 0 atom stereocenters. The fourth-order valence-corrected chi connectivity index (χ4v) is 4.16. The average Bonchev–Trinajstić information content (AvgIpc) is 2.48. The summed E-state index contributed by atoms with van der Waals surface area (Å²) in [6, 6.07) is 8.79. The number of benzene rings is 2. The number of sulfonamides is 2. The minimum Gasteiger partial charge on any atom is -0.225 e. The zero-order valence-electron chi connectivity index (χ0n) is 13.1. The summed E-state index contributed by atoms with van der Waals surface area (Å²) in [5.41, 5.74) is 1.82. The molecule has 0 aliphatic carbocycles. The summed E-state index contributed by atoms with van der Waals surface area (Å²) in [6.07, 6.45) is 0. The van der Waals surface area contributed by atoms with E-state index in [1.54, 1.807) is 19.9 Å². The molecule has 2 rings (SSSR count). The summed E-state index contributed by atoms with van der Waals surface area (Å²) in [6.45, 7) is 3.42. The zero-order chi connectivity index (χ0) is 18.1. The van der Waals surface area contributed by atoms with Gasteiger partial charge in [-0.1, -0.05) is 23.7 Å². The number of halogens is 1. The maximum Gasteiger partial charge on any atom is 0.241 e. The SMILES string of the molecule is Cc1cc(S(=O)(=O)NCc2ccc(S(N)(=O)=O)cc2)c(C)cc1Cl. The minimum atomic E-state index is -3.77. The highest BCUT2D eigenvalue weighted by atomic mass is 35.5. The summed E-state index contributed by atoms with van der Waals surface area (Å²) in [7, 11) is -7.49. The van der Waals surface area contributed by atoms with Crippen molar-refractivity contribution in [1.29, 1.82) is 0 Å². The van der Waals surface area contributed by atoms with E-state index in [2.05, 4.69) is 4.72 Å². The number of rotatable bonds is 5. The molecule has 2 aromatic carbocycles. The Morgan fingerprint density at radius 1 is 1.00 bits per heavy atom. The Balaban J connectivity index is 2.21. The van der Waals surface area contributed by atoms with Crippen LogP contribution in [-0.2, 0) is 26.6 Å². The summed E-state index contributed by atoms with van der Waals surface area (Å²) in [5, 5.41) is 5.52. The molecule has 0 bridgehead atoms. The van der Waals surface area contributed by atoms with Crippen LogP contribution in [0.1, 0.15) is 16.7 Å². The Labute approximate surface area is 146 Å². The van der Waals surface area contributed by atoms with E-state index in [4.69, 9.17) is 16.7 Å². The van der Waals surface area contributed by atoms with Gasteiger partial charge in [0.15, 0.2) is 0 Å². The monoisotopic (exact) mass is 388 g/mol. The first-order valence-corrected chi connectivity index (χ1v) is 10.3. The Kier molecular flexibility index (Phi) is 5.36. The molecule has 24 heavy (non-hydrogen) atoms. The van der Waals surface area contributed by atoms with Crippen LogP contribution >= 0.6 is 11.6 Å². The highest BCUT2D eigenvalue weighted by Crippen LogP contribution is 2.24. The van der Waals surface area contributed by atoms with Gasteiger partial charge in [-0.25, -0.2) is 26.7 Å². The summed E-state index contributed by atoms with van der Waals surface area (Å²) in [5.74, 6) is 0. The van der Waals surface area contributed by atoms with Crippen LogP contribution in [0.15, 0.2) is 46.2 Å². The van der Waals surface area contributed by atoms with Crippen molar-refractivity contribution in [3.63, 3.8) is 0 Å². The van der Waals surface area contributed by atoms with E-state index in [0.29, 0.717) is 21.7 Å². The van der Waals surface area contributed by atoms with E-state index in [9.17, 15) is 16.8 Å². The molecule has 0 aliphatic rings. The first kappa shape index (κ1) is 18.9. The van der Waals surface area contributed by atoms with E-state index < -0.39 is 20.0 Å². The van der Waals surface area contributed by atoms with Gasteiger partial charge in [0.25, 0.3) is 0 Å². The molecule has 2 aromatic rings. The number of hydrogen-bond donors (Lipinski definition) is 2. The lowest BCUT2D eigenvalue weighted by Crippen LogP contribution is -2.24. The smallest absolute Gasteiger partial charge is 0.225 e. The second kappa shape index (κ2) is 6.81. The largest absolute Gasteiger partial charge is 0.241 e. The van der Waals surface area contributed by atoms with E-state index in [1.165, 1.54) is 30.3 Å². The van der Waals surface area contributed by atoms with Crippen molar-refractivity contribution in [2.24, 2.45) is 5.14 Å². The number of hydrogen-bond acceptors (Lipinski definition) is 4. The lowest BCUT2D eigenvalue weighted by atomic mass is 10.2. The number of nitrogens with two attached hydrogens (primary N) is 1. The molecule has 3 N–H and O–H groups in total. The van der Waals surface area contributed by atoms with Gasteiger partial charge in [-0.15, -0.1) is 0 Å². The number of aryl methyl sites for hydroxylation is 2. The van der Waals surface area contributed by atoms with Crippen molar-refractivity contribution < 1.29 is 16.8 Å². The average molecular weight is 389 g/mol. The predicted molar refractivity (Wildman–Crippen MR) is 92.8 cm³/mol. The van der Waals surface area contributed by atoms with Crippen LogP contribution in [0.4, 0.5) is 0 Å². The molecule has 0 radical (unpaired) electrons. The van der Waals surface area contributed by atoms with Crippen LogP contribution in [0.2, 0.25) is 5.02 Å². The third-order valence-electron chi connectivity index (χ3n) is 3.46. The van der Waals surface area contributed by atoms with E-state index >= 15 is 0 Å². The molecule has 0 saturated carbocycles. The summed E-state index contributed by atoms with van der Waals surface area (Å²) in [4.78, 5) is 0.129. The molecule has 0 spiro atoms. The molecule has 0 aliphatic heterocycles. The van der Waals surface area contributed by atoms with E-state index in [-0.39, 0.29) is 16.3 Å². The van der Waals surface area contributed by atoms with Gasteiger partial charge in [0.05, 0.1) is 9.79 Å². The van der Waals surface area contributed by atoms with Crippen LogP contribution in [0.5, 0.6) is 0 Å². The van der Waals surface area contributed by atoms with Gasteiger partial charge in [0.2, 0.25) is 20.0 Å². The van der Waals surface area contributed by atoms with Crippen molar-refractivity contribution in [1.82, 2.24) is 4.72 Å². The van der Waals surface area contributed by atoms with Gasteiger partial charge in [0, 0.05) is 11.6 Å². The second-order valence-electron chi connectivity index (χ2n) is 5.38. The highest BCUT2D eigenvalue weighted by molar-refractivity contribution is 7.89. The van der Waals surface area contributed by atoms with Crippen molar-refractivity contribution in [3.05, 3.63) is 58.1 Å². The Morgan fingerprint density at radius 2 is 1.58 bits per heavy atom. The fraction of sp³-hybridized carbons (Fsp3) is 0.200. The van der Waals surface area contributed by atoms with Crippen molar-refractivity contribution >= 4 is 31.6 Å².